The lowest BCUT2D eigenvalue weighted by atomic mass is 9.95. The van der Waals surface area contributed by atoms with Crippen LogP contribution in [0.4, 0.5) is 5.69 Å². The normalized spacial score (nSPS) is 20.7. The Kier molecular flexibility index (Phi) is 4.48. The maximum atomic E-state index is 12.6. The number of carbonyl (C=O) groups excluding carboxylic acids is 1. The van der Waals surface area contributed by atoms with Crippen LogP contribution in [0.2, 0.25) is 0 Å². The summed E-state index contributed by atoms with van der Waals surface area (Å²) in [6.07, 6.45) is 4.67. The Labute approximate surface area is 136 Å². The van der Waals surface area contributed by atoms with Crippen molar-refractivity contribution in [1.29, 1.82) is 0 Å². The molecule has 0 radical (unpaired) electrons. The van der Waals surface area contributed by atoms with Crippen LogP contribution in [0.1, 0.15) is 30.5 Å². The predicted octanol–water partition coefficient (Wildman–Crippen LogP) is 3.27. The summed E-state index contributed by atoms with van der Waals surface area (Å²) in [5.74, 6) is 0.959. The van der Waals surface area contributed by atoms with Crippen molar-refractivity contribution in [3.8, 4) is 11.5 Å². The van der Waals surface area contributed by atoms with Crippen LogP contribution in [-0.4, -0.2) is 17.4 Å². The van der Waals surface area contributed by atoms with E-state index in [2.05, 4.69) is 10.3 Å². The molecule has 1 aliphatic rings. The molecule has 1 heterocycles. The van der Waals surface area contributed by atoms with Crippen molar-refractivity contribution in [3.63, 3.8) is 0 Å². The van der Waals surface area contributed by atoms with E-state index < -0.39 is 0 Å². The van der Waals surface area contributed by atoms with E-state index in [-0.39, 0.29) is 11.8 Å². The number of benzene rings is 1. The lowest BCUT2D eigenvalue weighted by Crippen LogP contribution is -2.30. The minimum Gasteiger partial charge on any atom is -0.444 e. The van der Waals surface area contributed by atoms with Gasteiger partial charge in [-0.2, -0.15) is 0 Å². The second kappa shape index (κ2) is 6.54. The number of nitrogens with two attached hydrogens (primary N) is 1. The molecule has 1 saturated carbocycles. The van der Waals surface area contributed by atoms with Gasteiger partial charge in [-0.1, -0.05) is 12.5 Å². The number of anilines is 1. The summed E-state index contributed by atoms with van der Waals surface area (Å²) in [6.45, 7) is 4.44. The molecule has 3 rings (SSSR count). The van der Waals surface area contributed by atoms with Gasteiger partial charge in [-0.15, -0.1) is 0 Å². The molecule has 0 saturated heterocycles. The molecule has 3 N–H and O–H groups in total. The number of hydrogen-bond acceptors (Lipinski definition) is 4. The summed E-state index contributed by atoms with van der Waals surface area (Å²) >= 11 is 0. The molecule has 1 aromatic carbocycles. The zero-order valence-corrected chi connectivity index (χ0v) is 13.6. The molecule has 5 nitrogen and oxygen atoms in total. The van der Waals surface area contributed by atoms with Gasteiger partial charge >= 0.3 is 0 Å². The molecule has 122 valence electrons. The highest BCUT2D eigenvalue weighted by Crippen LogP contribution is 2.33. The summed E-state index contributed by atoms with van der Waals surface area (Å²) in [5.41, 5.74) is 9.32. The number of nitrogens with zero attached hydrogens (tertiary/aromatic N) is 1. The van der Waals surface area contributed by atoms with Gasteiger partial charge in [0.2, 0.25) is 11.8 Å². The van der Waals surface area contributed by atoms with Crippen molar-refractivity contribution in [2.75, 3.05) is 11.9 Å². The maximum absolute atomic E-state index is 12.6. The molecule has 1 aliphatic carbocycles. The van der Waals surface area contributed by atoms with Crippen LogP contribution in [0.3, 0.4) is 0 Å². The van der Waals surface area contributed by atoms with Crippen LogP contribution < -0.4 is 11.1 Å². The highest BCUT2D eigenvalue weighted by atomic mass is 16.3. The molecule has 0 bridgehead atoms. The third-order valence-corrected chi connectivity index (χ3v) is 4.66. The number of amides is 1. The third-order valence-electron chi connectivity index (χ3n) is 4.66. The Morgan fingerprint density at radius 1 is 1.39 bits per heavy atom. The summed E-state index contributed by atoms with van der Waals surface area (Å²) in [6, 6.07) is 5.85. The first-order valence-electron chi connectivity index (χ1n) is 8.12. The van der Waals surface area contributed by atoms with Crippen molar-refractivity contribution < 1.29 is 9.21 Å². The summed E-state index contributed by atoms with van der Waals surface area (Å²) in [5, 5.41) is 3.07. The molecular formula is C18H23N3O2. The number of rotatable bonds is 4. The van der Waals surface area contributed by atoms with Crippen LogP contribution in [0.5, 0.6) is 0 Å². The Balaban J connectivity index is 1.81. The highest BCUT2D eigenvalue weighted by Gasteiger charge is 2.32. The second-order valence-corrected chi connectivity index (χ2v) is 6.35. The number of oxazole rings is 1. The van der Waals surface area contributed by atoms with Gasteiger partial charge < -0.3 is 15.5 Å². The lowest BCUT2D eigenvalue weighted by molar-refractivity contribution is -0.120. The quantitative estimate of drug-likeness (QED) is 0.907. The van der Waals surface area contributed by atoms with Gasteiger partial charge in [0.05, 0.1) is 5.69 Å². The van der Waals surface area contributed by atoms with E-state index in [0.717, 1.165) is 41.8 Å². The van der Waals surface area contributed by atoms with Crippen molar-refractivity contribution in [2.45, 2.75) is 33.1 Å². The van der Waals surface area contributed by atoms with Crippen molar-refractivity contribution in [3.05, 3.63) is 35.7 Å². The molecule has 0 spiro atoms. The highest BCUT2D eigenvalue weighted by molar-refractivity contribution is 5.94. The first-order valence-corrected chi connectivity index (χ1v) is 8.12. The fraction of sp³-hybridized carbons (Fsp3) is 0.444. The van der Waals surface area contributed by atoms with Crippen LogP contribution in [-0.2, 0) is 4.79 Å². The van der Waals surface area contributed by atoms with Gasteiger partial charge in [-0.25, -0.2) is 4.98 Å². The topological polar surface area (TPSA) is 81.2 Å². The fourth-order valence-corrected chi connectivity index (χ4v) is 3.27. The fourth-order valence-electron chi connectivity index (χ4n) is 3.27. The van der Waals surface area contributed by atoms with Gasteiger partial charge in [0.15, 0.2) is 0 Å². The Bertz CT molecular complexity index is 708. The summed E-state index contributed by atoms with van der Waals surface area (Å²) < 4.78 is 5.44. The minimum absolute atomic E-state index is 0.0204. The SMILES string of the molecule is Cc1coc(-c2ccc(C)c(NC(=O)[C@@H]3CCC[C@@H]3CN)c2)n1. The molecular weight excluding hydrogens is 290 g/mol. The number of nitrogens with one attached hydrogen (secondary N) is 1. The largest absolute Gasteiger partial charge is 0.444 e. The van der Waals surface area contributed by atoms with Crippen LogP contribution in [0.15, 0.2) is 28.9 Å². The maximum Gasteiger partial charge on any atom is 0.227 e. The molecule has 0 aliphatic heterocycles. The number of aromatic nitrogens is 1. The van der Waals surface area contributed by atoms with E-state index in [9.17, 15) is 4.79 Å². The summed E-state index contributed by atoms with van der Waals surface area (Å²) in [7, 11) is 0. The Morgan fingerprint density at radius 2 is 2.22 bits per heavy atom. The Hall–Kier alpha value is -2.14. The molecule has 2 aromatic rings. The summed E-state index contributed by atoms with van der Waals surface area (Å²) in [4.78, 5) is 16.9. The first kappa shape index (κ1) is 15.7. The molecule has 2 atom stereocenters. The van der Waals surface area contributed by atoms with Gasteiger partial charge in [0.1, 0.15) is 6.26 Å². The molecule has 1 fully saturated rings. The minimum atomic E-state index is 0.0204. The van der Waals surface area contributed by atoms with Crippen LogP contribution >= 0.6 is 0 Å². The van der Waals surface area contributed by atoms with Crippen molar-refractivity contribution in [1.82, 2.24) is 4.98 Å². The number of carbonyl (C=O) groups is 1. The van der Waals surface area contributed by atoms with Gasteiger partial charge in [0, 0.05) is 17.2 Å². The lowest BCUT2D eigenvalue weighted by Gasteiger charge is -2.18. The zero-order valence-electron chi connectivity index (χ0n) is 13.6. The van der Waals surface area contributed by atoms with Crippen molar-refractivity contribution in [2.24, 2.45) is 17.6 Å². The van der Waals surface area contributed by atoms with E-state index >= 15 is 0 Å². The van der Waals surface area contributed by atoms with Gasteiger partial charge in [-0.05, 0) is 56.8 Å². The molecule has 5 heteroatoms. The van der Waals surface area contributed by atoms with E-state index in [1.54, 1.807) is 6.26 Å². The monoisotopic (exact) mass is 313 g/mol. The van der Waals surface area contributed by atoms with Crippen molar-refractivity contribution >= 4 is 11.6 Å². The average Bonchev–Trinajstić information content (AvgIpc) is 3.18. The van der Waals surface area contributed by atoms with E-state index in [1.807, 2.05) is 32.0 Å². The van der Waals surface area contributed by atoms with E-state index in [0.29, 0.717) is 18.4 Å². The predicted molar refractivity (Wildman–Crippen MR) is 89.9 cm³/mol. The smallest absolute Gasteiger partial charge is 0.227 e. The zero-order chi connectivity index (χ0) is 16.4. The van der Waals surface area contributed by atoms with Gasteiger partial charge in [-0.3, -0.25) is 4.79 Å². The van der Waals surface area contributed by atoms with Gasteiger partial charge in [0.25, 0.3) is 0 Å². The Morgan fingerprint density at radius 3 is 2.91 bits per heavy atom. The average molecular weight is 313 g/mol. The molecule has 1 aromatic heterocycles. The van der Waals surface area contributed by atoms with E-state index in [4.69, 9.17) is 10.2 Å². The van der Waals surface area contributed by atoms with Crippen LogP contribution in [0.25, 0.3) is 11.5 Å². The standard InChI is InChI=1S/C18H23N3O2/c1-11-6-7-13(18-20-12(2)10-23-18)8-16(11)21-17(22)15-5-3-4-14(15)9-19/h6-8,10,14-15H,3-5,9,19H2,1-2H3,(H,21,22)/t14-,15-/m1/s1. The third kappa shape index (κ3) is 3.29. The second-order valence-electron chi connectivity index (χ2n) is 6.35. The van der Waals surface area contributed by atoms with E-state index in [1.165, 1.54) is 0 Å². The molecule has 1 amide bonds. The first-order chi connectivity index (χ1) is 11.1. The molecule has 23 heavy (non-hydrogen) atoms. The van der Waals surface area contributed by atoms with Crippen LogP contribution in [0, 0.1) is 25.7 Å². The number of hydrogen-bond donors (Lipinski definition) is 2. The number of aryl methyl sites for hydroxylation is 2. The molecule has 0 unspecified atom stereocenters.